The van der Waals surface area contributed by atoms with E-state index in [2.05, 4.69) is 32.6 Å². The van der Waals surface area contributed by atoms with Gasteiger partial charge in [0.05, 0.1) is 6.61 Å². The second kappa shape index (κ2) is 9.86. The number of hydrogen-bond acceptors (Lipinski definition) is 3. The molecule has 0 saturated carbocycles. The Kier molecular flexibility index (Phi) is 9.79. The van der Waals surface area contributed by atoms with Crippen LogP contribution in [-0.2, 0) is 4.74 Å². The Balaban J connectivity index is 4.35. The molecule has 0 spiro atoms. The maximum atomic E-state index is 6.27. The van der Waals surface area contributed by atoms with Crippen LogP contribution in [0.4, 0.5) is 0 Å². The lowest BCUT2D eigenvalue weighted by Crippen LogP contribution is -2.46. The minimum atomic E-state index is 0.275. The van der Waals surface area contributed by atoms with Crippen LogP contribution in [0.25, 0.3) is 0 Å². The molecule has 0 amide bonds. The summed E-state index contributed by atoms with van der Waals surface area (Å²) >= 11 is 0. The molecule has 0 bridgehead atoms. The first kappa shape index (κ1) is 16.9. The van der Waals surface area contributed by atoms with Gasteiger partial charge in [-0.3, -0.25) is 4.90 Å². The Hall–Kier alpha value is -0.120. The van der Waals surface area contributed by atoms with Gasteiger partial charge in [-0.15, -0.1) is 0 Å². The van der Waals surface area contributed by atoms with E-state index in [4.69, 9.17) is 10.5 Å². The van der Waals surface area contributed by atoms with Crippen molar-refractivity contribution in [3.63, 3.8) is 0 Å². The van der Waals surface area contributed by atoms with Gasteiger partial charge in [-0.2, -0.15) is 0 Å². The first-order valence-electron chi connectivity index (χ1n) is 7.09. The molecule has 0 aromatic carbocycles. The second-order valence-electron chi connectivity index (χ2n) is 5.01. The van der Waals surface area contributed by atoms with Gasteiger partial charge < -0.3 is 10.5 Å². The van der Waals surface area contributed by atoms with Gasteiger partial charge in [0.25, 0.3) is 0 Å². The Morgan fingerprint density at radius 3 is 2.12 bits per heavy atom. The fraction of sp³-hybridized carbons (Fsp3) is 1.00. The smallest absolute Gasteiger partial charge is 0.0589 e. The Morgan fingerprint density at radius 1 is 1.12 bits per heavy atom. The van der Waals surface area contributed by atoms with E-state index >= 15 is 0 Å². The molecule has 17 heavy (non-hydrogen) atoms. The maximum absolute atomic E-state index is 6.27. The van der Waals surface area contributed by atoms with Gasteiger partial charge in [0, 0.05) is 32.3 Å². The Morgan fingerprint density at radius 2 is 1.71 bits per heavy atom. The minimum Gasteiger partial charge on any atom is -0.383 e. The van der Waals surface area contributed by atoms with Crippen LogP contribution in [0.5, 0.6) is 0 Å². The third-order valence-corrected chi connectivity index (χ3v) is 3.86. The zero-order valence-corrected chi connectivity index (χ0v) is 12.4. The zero-order chi connectivity index (χ0) is 13.3. The lowest BCUT2D eigenvalue weighted by molar-refractivity contribution is 0.104. The lowest BCUT2D eigenvalue weighted by Gasteiger charge is -2.34. The molecule has 2 N–H and O–H groups in total. The van der Waals surface area contributed by atoms with Crippen molar-refractivity contribution in [3.8, 4) is 0 Å². The predicted octanol–water partition coefficient (Wildman–Crippen LogP) is 2.50. The standard InChI is InChI=1S/C14H32N2O/c1-6-12(4)14(15)11-16(9-10-17-5)13(7-2)8-3/h12-14H,6-11,15H2,1-5H3/t12-,14+/m0/s1. The van der Waals surface area contributed by atoms with Crippen molar-refractivity contribution in [3.05, 3.63) is 0 Å². The van der Waals surface area contributed by atoms with Crippen molar-refractivity contribution in [2.75, 3.05) is 26.8 Å². The largest absolute Gasteiger partial charge is 0.383 e. The van der Waals surface area contributed by atoms with Crippen LogP contribution < -0.4 is 5.73 Å². The van der Waals surface area contributed by atoms with Crippen molar-refractivity contribution in [1.29, 1.82) is 0 Å². The summed E-state index contributed by atoms with van der Waals surface area (Å²) in [6.07, 6.45) is 3.53. The first-order valence-corrected chi connectivity index (χ1v) is 7.09. The van der Waals surface area contributed by atoms with Crippen LogP contribution in [0.2, 0.25) is 0 Å². The molecule has 0 aromatic rings. The van der Waals surface area contributed by atoms with Crippen LogP contribution in [0.15, 0.2) is 0 Å². The maximum Gasteiger partial charge on any atom is 0.0589 e. The molecule has 0 rings (SSSR count). The van der Waals surface area contributed by atoms with Crippen molar-refractivity contribution in [2.45, 2.75) is 59.0 Å². The normalized spacial score (nSPS) is 15.5. The van der Waals surface area contributed by atoms with Crippen LogP contribution in [0.3, 0.4) is 0 Å². The molecule has 0 aliphatic heterocycles. The number of methoxy groups -OCH3 is 1. The summed E-state index contributed by atoms with van der Waals surface area (Å²) in [4.78, 5) is 2.50. The quantitative estimate of drug-likeness (QED) is 0.642. The van der Waals surface area contributed by atoms with E-state index in [1.165, 1.54) is 12.8 Å². The molecule has 0 fully saturated rings. The number of nitrogens with zero attached hydrogens (tertiary/aromatic N) is 1. The van der Waals surface area contributed by atoms with Crippen LogP contribution in [0.1, 0.15) is 47.0 Å². The highest BCUT2D eigenvalue weighted by Gasteiger charge is 2.20. The van der Waals surface area contributed by atoms with E-state index in [-0.39, 0.29) is 6.04 Å². The predicted molar refractivity (Wildman–Crippen MR) is 75.2 cm³/mol. The summed E-state index contributed by atoms with van der Waals surface area (Å²) in [6.45, 7) is 11.7. The van der Waals surface area contributed by atoms with Gasteiger partial charge in [0.15, 0.2) is 0 Å². The van der Waals surface area contributed by atoms with Crippen LogP contribution in [0, 0.1) is 5.92 Å². The minimum absolute atomic E-state index is 0.275. The molecule has 0 radical (unpaired) electrons. The van der Waals surface area contributed by atoms with Crippen molar-refractivity contribution >= 4 is 0 Å². The fourth-order valence-electron chi connectivity index (χ4n) is 2.19. The molecule has 104 valence electrons. The average molecular weight is 244 g/mol. The van der Waals surface area contributed by atoms with E-state index < -0.39 is 0 Å². The molecule has 0 aliphatic carbocycles. The zero-order valence-electron chi connectivity index (χ0n) is 12.4. The molecule has 0 heterocycles. The van der Waals surface area contributed by atoms with E-state index in [9.17, 15) is 0 Å². The molecule has 0 unspecified atom stereocenters. The highest BCUT2D eigenvalue weighted by molar-refractivity contribution is 4.77. The number of ether oxygens (including phenoxy) is 1. The summed E-state index contributed by atoms with van der Waals surface area (Å²) in [5.41, 5.74) is 6.27. The third kappa shape index (κ3) is 6.39. The van der Waals surface area contributed by atoms with Gasteiger partial charge in [-0.05, 0) is 18.8 Å². The number of hydrogen-bond donors (Lipinski definition) is 1. The van der Waals surface area contributed by atoms with Crippen LogP contribution in [-0.4, -0.2) is 43.8 Å². The molecule has 3 nitrogen and oxygen atoms in total. The van der Waals surface area contributed by atoms with Crippen molar-refractivity contribution < 1.29 is 4.74 Å². The van der Waals surface area contributed by atoms with Gasteiger partial charge in [0.2, 0.25) is 0 Å². The summed E-state index contributed by atoms with van der Waals surface area (Å²) in [7, 11) is 1.76. The highest BCUT2D eigenvalue weighted by atomic mass is 16.5. The molecule has 2 atom stereocenters. The molecule has 0 saturated heterocycles. The number of rotatable bonds is 10. The molecule has 0 aliphatic rings. The summed E-state index contributed by atoms with van der Waals surface area (Å²) in [5, 5.41) is 0. The topological polar surface area (TPSA) is 38.5 Å². The molecular weight excluding hydrogens is 212 g/mol. The van der Waals surface area contributed by atoms with Crippen molar-refractivity contribution in [1.82, 2.24) is 4.90 Å². The van der Waals surface area contributed by atoms with Gasteiger partial charge in [-0.25, -0.2) is 0 Å². The van der Waals surface area contributed by atoms with E-state index in [0.29, 0.717) is 12.0 Å². The van der Waals surface area contributed by atoms with Gasteiger partial charge in [-0.1, -0.05) is 34.1 Å². The number of nitrogens with two attached hydrogens (primary N) is 1. The SMILES string of the molecule is CCC(CC)N(CCOC)C[C@@H](N)[C@@H](C)CC. The van der Waals surface area contributed by atoms with Crippen LogP contribution >= 0.6 is 0 Å². The highest BCUT2D eigenvalue weighted by Crippen LogP contribution is 2.13. The molecule has 0 aromatic heterocycles. The van der Waals surface area contributed by atoms with Gasteiger partial charge in [0.1, 0.15) is 0 Å². The Bertz CT molecular complexity index is 172. The molecule has 3 heteroatoms. The van der Waals surface area contributed by atoms with Gasteiger partial charge >= 0.3 is 0 Å². The summed E-state index contributed by atoms with van der Waals surface area (Å²) in [5.74, 6) is 0.592. The third-order valence-electron chi connectivity index (χ3n) is 3.86. The van der Waals surface area contributed by atoms with E-state index in [1.807, 2.05) is 0 Å². The fourth-order valence-corrected chi connectivity index (χ4v) is 2.19. The second-order valence-corrected chi connectivity index (χ2v) is 5.01. The summed E-state index contributed by atoms with van der Waals surface area (Å²) in [6, 6.07) is 0.915. The van der Waals surface area contributed by atoms with E-state index in [0.717, 1.165) is 26.1 Å². The first-order chi connectivity index (χ1) is 8.10. The summed E-state index contributed by atoms with van der Waals surface area (Å²) < 4.78 is 5.20. The average Bonchev–Trinajstić information content (AvgIpc) is 2.35. The molecular formula is C14H32N2O. The van der Waals surface area contributed by atoms with E-state index in [1.54, 1.807) is 7.11 Å². The monoisotopic (exact) mass is 244 g/mol. The Labute approximate surface area is 108 Å². The lowest BCUT2D eigenvalue weighted by atomic mass is 9.98. The van der Waals surface area contributed by atoms with Crippen molar-refractivity contribution in [2.24, 2.45) is 11.7 Å².